The lowest BCUT2D eigenvalue weighted by molar-refractivity contribution is -0.139. The minimum atomic E-state index is -0.451. The Kier molecular flexibility index (Phi) is 15.6. The van der Waals surface area contributed by atoms with E-state index < -0.39 is 12.0 Å². The second-order valence-electron chi connectivity index (χ2n) is 10.7. The van der Waals surface area contributed by atoms with E-state index in [0.717, 1.165) is 16.7 Å². The lowest BCUT2D eigenvalue weighted by Crippen LogP contribution is -2.20. The molecule has 4 rings (SSSR count). The number of hydrogen-bond acceptors (Lipinski definition) is 6. The molecule has 0 amide bonds. The standard InChI is InChI=1S/C19H20FNO2.C14H18O2.C6H6FN/c1-4-23-19(22)14(3)18(15-7-5-13(2)6-8-15)21-17-11-9-16(20)10-12-17;1-5-16-14(15)12(4)11(3)13-8-6-10(2)7-9-13;7-5-1-3-6(8)4-2-5/h5-12,18,21H,3-4H2,1-2H3;6-9,11H,4-5H2,1-3H3;1-4H,8H2. The Hall–Kier alpha value is -5.24. The molecule has 4 aromatic rings. The van der Waals surface area contributed by atoms with Crippen LogP contribution < -0.4 is 11.1 Å². The number of esters is 2. The molecule has 0 radical (unpaired) electrons. The Morgan fingerprint density at radius 1 is 0.681 bits per heavy atom. The van der Waals surface area contributed by atoms with Crippen molar-refractivity contribution < 1.29 is 27.8 Å². The quantitative estimate of drug-likeness (QED) is 0.102. The molecule has 0 aromatic heterocycles. The number of carbonyl (C=O) groups is 2. The highest BCUT2D eigenvalue weighted by atomic mass is 19.1. The Morgan fingerprint density at radius 2 is 1.09 bits per heavy atom. The molecule has 0 fully saturated rings. The maximum Gasteiger partial charge on any atom is 0.335 e. The highest BCUT2D eigenvalue weighted by Gasteiger charge is 2.22. The van der Waals surface area contributed by atoms with E-state index in [4.69, 9.17) is 15.2 Å². The van der Waals surface area contributed by atoms with Crippen molar-refractivity contribution in [3.63, 3.8) is 0 Å². The molecule has 0 aliphatic heterocycles. The van der Waals surface area contributed by atoms with Crippen LogP contribution in [-0.4, -0.2) is 25.2 Å². The SMILES string of the molecule is C=C(C(=O)OCC)C(C)c1ccc(C)cc1.C=C(C(=O)OCC)C(Nc1ccc(F)cc1)c1ccc(C)cc1.Nc1ccc(F)cc1. The minimum absolute atomic E-state index is 0.000324. The summed E-state index contributed by atoms with van der Waals surface area (Å²) in [4.78, 5) is 23.6. The summed E-state index contributed by atoms with van der Waals surface area (Å²) in [5, 5.41) is 3.21. The molecule has 6 nitrogen and oxygen atoms in total. The van der Waals surface area contributed by atoms with E-state index >= 15 is 0 Å². The number of rotatable bonds is 10. The number of hydrogen-bond donors (Lipinski definition) is 2. The maximum atomic E-state index is 13.1. The van der Waals surface area contributed by atoms with Gasteiger partial charge < -0.3 is 20.5 Å². The molecular weight excluding hydrogens is 598 g/mol. The van der Waals surface area contributed by atoms with Crippen LogP contribution in [0, 0.1) is 25.5 Å². The second-order valence-corrected chi connectivity index (χ2v) is 10.7. The van der Waals surface area contributed by atoms with E-state index in [-0.39, 0.29) is 30.1 Å². The number of benzene rings is 4. The molecule has 0 saturated carbocycles. The summed E-state index contributed by atoms with van der Waals surface area (Å²) in [6.45, 7) is 17.9. The van der Waals surface area contributed by atoms with Gasteiger partial charge in [-0.3, -0.25) is 0 Å². The number of ether oxygens (including phenoxy) is 2. The van der Waals surface area contributed by atoms with E-state index in [1.165, 1.54) is 42.0 Å². The van der Waals surface area contributed by atoms with Crippen molar-refractivity contribution in [2.24, 2.45) is 0 Å². The molecule has 248 valence electrons. The van der Waals surface area contributed by atoms with E-state index in [1.54, 1.807) is 26.0 Å². The molecule has 47 heavy (non-hydrogen) atoms. The van der Waals surface area contributed by atoms with Gasteiger partial charge in [0.1, 0.15) is 11.6 Å². The largest absolute Gasteiger partial charge is 0.463 e. The minimum Gasteiger partial charge on any atom is -0.463 e. The molecule has 0 aliphatic carbocycles. The molecule has 2 atom stereocenters. The monoisotopic (exact) mass is 642 g/mol. The first-order valence-corrected chi connectivity index (χ1v) is 15.2. The van der Waals surface area contributed by atoms with Crippen LogP contribution in [0.25, 0.3) is 0 Å². The molecule has 2 unspecified atom stereocenters. The third-order valence-electron chi connectivity index (χ3n) is 6.96. The number of nitrogens with two attached hydrogens (primary N) is 1. The Morgan fingerprint density at radius 3 is 1.51 bits per heavy atom. The highest BCUT2D eigenvalue weighted by molar-refractivity contribution is 5.90. The van der Waals surface area contributed by atoms with Crippen molar-refractivity contribution in [1.82, 2.24) is 0 Å². The summed E-state index contributed by atoms with van der Waals surface area (Å²) in [5.41, 5.74) is 11.7. The molecule has 4 aromatic carbocycles. The Bertz CT molecular complexity index is 1560. The van der Waals surface area contributed by atoms with E-state index in [2.05, 4.69) is 18.5 Å². The highest BCUT2D eigenvalue weighted by Crippen LogP contribution is 2.27. The number of nitrogens with one attached hydrogen (secondary N) is 1. The molecule has 0 bridgehead atoms. The van der Waals surface area contributed by atoms with Crippen LogP contribution in [0.2, 0.25) is 0 Å². The topological polar surface area (TPSA) is 90.7 Å². The lowest BCUT2D eigenvalue weighted by atomic mass is 9.93. The van der Waals surface area contributed by atoms with Gasteiger partial charge in [0, 0.05) is 22.9 Å². The Labute approximate surface area is 276 Å². The molecule has 0 saturated heterocycles. The average Bonchev–Trinajstić information content (AvgIpc) is 3.06. The number of aryl methyl sites for hydroxylation is 2. The van der Waals surface area contributed by atoms with Crippen molar-refractivity contribution >= 4 is 23.3 Å². The Balaban J connectivity index is 0.000000275. The average molecular weight is 643 g/mol. The maximum absolute atomic E-state index is 13.1. The normalized spacial score (nSPS) is 11.3. The van der Waals surface area contributed by atoms with Gasteiger partial charge in [0.25, 0.3) is 0 Å². The van der Waals surface area contributed by atoms with Crippen LogP contribution in [-0.2, 0) is 19.1 Å². The first-order valence-electron chi connectivity index (χ1n) is 15.2. The molecular formula is C39H44F2N2O4. The van der Waals surface area contributed by atoms with Crippen LogP contribution >= 0.6 is 0 Å². The third kappa shape index (κ3) is 13.0. The van der Waals surface area contributed by atoms with E-state index in [1.807, 2.05) is 69.3 Å². The van der Waals surface area contributed by atoms with Crippen molar-refractivity contribution in [3.8, 4) is 0 Å². The summed E-state index contributed by atoms with van der Waals surface area (Å²) >= 11 is 0. The zero-order valence-corrected chi connectivity index (χ0v) is 27.7. The van der Waals surface area contributed by atoms with Gasteiger partial charge in [0.15, 0.2) is 0 Å². The smallest absolute Gasteiger partial charge is 0.335 e. The number of halogens is 2. The zero-order chi connectivity index (χ0) is 34.9. The number of nitrogen functional groups attached to an aromatic ring is 1. The van der Waals surface area contributed by atoms with Gasteiger partial charge in [-0.05, 0) is 87.4 Å². The second kappa shape index (κ2) is 19.3. The van der Waals surface area contributed by atoms with Crippen LogP contribution in [0.4, 0.5) is 20.2 Å². The molecule has 0 heterocycles. The predicted octanol–water partition coefficient (Wildman–Crippen LogP) is 9.03. The summed E-state index contributed by atoms with van der Waals surface area (Å²) in [6, 6.07) is 27.1. The van der Waals surface area contributed by atoms with Gasteiger partial charge in [0.2, 0.25) is 0 Å². The fourth-order valence-electron chi connectivity index (χ4n) is 4.10. The van der Waals surface area contributed by atoms with Gasteiger partial charge in [-0.2, -0.15) is 0 Å². The molecule has 8 heteroatoms. The summed E-state index contributed by atoms with van der Waals surface area (Å²) in [6.07, 6.45) is 0. The van der Waals surface area contributed by atoms with Crippen molar-refractivity contribution in [1.29, 1.82) is 0 Å². The zero-order valence-electron chi connectivity index (χ0n) is 27.7. The van der Waals surface area contributed by atoms with Crippen LogP contribution in [0.15, 0.2) is 121 Å². The number of carbonyl (C=O) groups excluding carboxylic acids is 2. The van der Waals surface area contributed by atoms with Crippen molar-refractivity contribution in [2.75, 3.05) is 24.3 Å². The third-order valence-corrected chi connectivity index (χ3v) is 6.96. The first-order chi connectivity index (χ1) is 22.4. The van der Waals surface area contributed by atoms with Gasteiger partial charge in [-0.1, -0.05) is 79.7 Å². The van der Waals surface area contributed by atoms with Crippen LogP contribution in [0.3, 0.4) is 0 Å². The fourth-order valence-corrected chi connectivity index (χ4v) is 4.10. The van der Waals surface area contributed by atoms with Crippen LogP contribution in [0.1, 0.15) is 55.0 Å². The molecule has 3 N–H and O–H groups in total. The first kappa shape index (κ1) is 37.9. The molecule has 0 spiro atoms. The van der Waals surface area contributed by atoms with E-state index in [9.17, 15) is 18.4 Å². The fraction of sp³-hybridized carbons (Fsp3) is 0.231. The van der Waals surface area contributed by atoms with Gasteiger partial charge in [-0.25, -0.2) is 18.4 Å². The summed E-state index contributed by atoms with van der Waals surface area (Å²) < 4.78 is 35.1. The van der Waals surface area contributed by atoms with E-state index in [0.29, 0.717) is 29.1 Å². The van der Waals surface area contributed by atoms with Crippen LogP contribution in [0.5, 0.6) is 0 Å². The van der Waals surface area contributed by atoms with Gasteiger partial charge in [-0.15, -0.1) is 0 Å². The summed E-state index contributed by atoms with van der Waals surface area (Å²) in [7, 11) is 0. The van der Waals surface area contributed by atoms with Crippen molar-refractivity contribution in [2.45, 2.75) is 46.6 Å². The van der Waals surface area contributed by atoms with Gasteiger partial charge >= 0.3 is 11.9 Å². The van der Waals surface area contributed by atoms with Gasteiger partial charge in [0.05, 0.1) is 24.8 Å². The number of anilines is 2. The van der Waals surface area contributed by atoms with Crippen molar-refractivity contribution in [3.05, 3.63) is 155 Å². The lowest BCUT2D eigenvalue weighted by Gasteiger charge is -2.22. The predicted molar refractivity (Wildman–Crippen MR) is 186 cm³/mol. The summed E-state index contributed by atoms with van der Waals surface area (Å²) in [5.74, 6) is -1.33. The molecule has 0 aliphatic rings.